The van der Waals surface area contributed by atoms with Crippen LogP contribution in [0.25, 0.3) is 0 Å². The van der Waals surface area contributed by atoms with Crippen LogP contribution in [-0.4, -0.2) is 43.6 Å². The second kappa shape index (κ2) is 4.63. The molecule has 2 fully saturated rings. The highest BCUT2D eigenvalue weighted by molar-refractivity contribution is 7.89. The molecule has 1 aliphatic carbocycles. The molecule has 2 rings (SSSR count). The van der Waals surface area contributed by atoms with E-state index in [2.05, 4.69) is 5.32 Å². The summed E-state index contributed by atoms with van der Waals surface area (Å²) in [5, 5.41) is 3.48. The lowest BCUT2D eigenvalue weighted by Gasteiger charge is -2.23. The fourth-order valence-electron chi connectivity index (χ4n) is 2.26. The minimum Gasteiger partial charge on any atom is -0.310 e. The maximum absolute atomic E-state index is 12.1. The van der Waals surface area contributed by atoms with Crippen LogP contribution in [0.4, 0.5) is 0 Å². The fraction of sp³-hybridized carbons (Fsp3) is 1.00. The Bertz CT molecular complexity index is 336. The predicted molar refractivity (Wildman–Crippen MR) is 64.9 cm³/mol. The minimum absolute atomic E-state index is 0.135. The first-order chi connectivity index (χ1) is 7.58. The first-order valence-electron chi connectivity index (χ1n) is 6.31. The van der Waals surface area contributed by atoms with E-state index >= 15 is 0 Å². The molecule has 4 nitrogen and oxygen atoms in total. The van der Waals surface area contributed by atoms with Crippen molar-refractivity contribution in [3.05, 3.63) is 0 Å². The van der Waals surface area contributed by atoms with Gasteiger partial charge >= 0.3 is 0 Å². The second-order valence-electron chi connectivity index (χ2n) is 5.06. The molecule has 1 N–H and O–H groups in total. The molecule has 1 aliphatic heterocycles. The Morgan fingerprint density at radius 2 is 2.12 bits per heavy atom. The largest absolute Gasteiger partial charge is 0.310 e. The molecule has 1 heterocycles. The molecule has 0 amide bonds. The van der Waals surface area contributed by atoms with Gasteiger partial charge in [0.2, 0.25) is 10.0 Å². The molecule has 0 aromatic heterocycles. The molecule has 1 spiro atoms. The zero-order valence-corrected chi connectivity index (χ0v) is 10.9. The van der Waals surface area contributed by atoms with Crippen molar-refractivity contribution in [1.29, 1.82) is 0 Å². The van der Waals surface area contributed by atoms with Crippen molar-refractivity contribution in [3.63, 3.8) is 0 Å². The van der Waals surface area contributed by atoms with Crippen LogP contribution >= 0.6 is 0 Å². The van der Waals surface area contributed by atoms with E-state index in [0.717, 1.165) is 38.6 Å². The van der Waals surface area contributed by atoms with Crippen LogP contribution in [0, 0.1) is 0 Å². The van der Waals surface area contributed by atoms with E-state index in [9.17, 15) is 8.42 Å². The number of nitrogens with one attached hydrogen (secondary N) is 1. The van der Waals surface area contributed by atoms with E-state index in [4.69, 9.17) is 0 Å². The smallest absolute Gasteiger partial charge is 0.214 e. The van der Waals surface area contributed by atoms with Crippen molar-refractivity contribution in [1.82, 2.24) is 9.62 Å². The molecular weight excluding hydrogens is 224 g/mol. The normalized spacial score (nSPS) is 25.6. The van der Waals surface area contributed by atoms with Crippen LogP contribution in [0.5, 0.6) is 0 Å². The van der Waals surface area contributed by atoms with Gasteiger partial charge in [-0.3, -0.25) is 0 Å². The molecule has 0 radical (unpaired) electrons. The highest BCUT2D eigenvalue weighted by Gasteiger charge is 2.46. The summed E-state index contributed by atoms with van der Waals surface area (Å²) < 4.78 is 25.9. The Kier molecular flexibility index (Phi) is 3.56. The van der Waals surface area contributed by atoms with Crippen LogP contribution in [0.15, 0.2) is 0 Å². The minimum atomic E-state index is -3.01. The van der Waals surface area contributed by atoms with Crippen molar-refractivity contribution < 1.29 is 8.42 Å². The number of sulfonamides is 1. The lowest BCUT2D eigenvalue weighted by molar-refractivity contribution is 0.383. The lowest BCUT2D eigenvalue weighted by atomic mass is 10.3. The van der Waals surface area contributed by atoms with Gasteiger partial charge in [-0.2, -0.15) is 0 Å². The summed E-state index contributed by atoms with van der Waals surface area (Å²) in [4.78, 5) is 0. The molecule has 2 aliphatic rings. The fourth-order valence-corrected chi connectivity index (χ4v) is 4.02. The maximum atomic E-state index is 12.1. The quantitative estimate of drug-likeness (QED) is 0.803. The second-order valence-corrected chi connectivity index (χ2v) is 7.15. The van der Waals surface area contributed by atoms with E-state index in [1.165, 1.54) is 0 Å². The van der Waals surface area contributed by atoms with Gasteiger partial charge in [0.05, 0.1) is 5.75 Å². The Hall–Kier alpha value is -0.130. The van der Waals surface area contributed by atoms with Gasteiger partial charge in [0.25, 0.3) is 0 Å². The topological polar surface area (TPSA) is 49.4 Å². The van der Waals surface area contributed by atoms with Gasteiger partial charge in [-0.05, 0) is 32.2 Å². The molecule has 1 saturated carbocycles. The van der Waals surface area contributed by atoms with Gasteiger partial charge in [0.15, 0.2) is 0 Å². The monoisotopic (exact) mass is 246 g/mol. The van der Waals surface area contributed by atoms with Gasteiger partial charge < -0.3 is 5.32 Å². The van der Waals surface area contributed by atoms with Crippen molar-refractivity contribution in [3.8, 4) is 0 Å². The molecule has 0 atom stereocenters. The Morgan fingerprint density at radius 1 is 1.38 bits per heavy atom. The van der Waals surface area contributed by atoms with Crippen molar-refractivity contribution >= 4 is 10.0 Å². The number of hydrogen-bond donors (Lipinski definition) is 1. The molecule has 0 aromatic rings. The van der Waals surface area contributed by atoms with E-state index in [1.54, 1.807) is 4.31 Å². The average Bonchev–Trinajstić information content (AvgIpc) is 3.04. The molecule has 16 heavy (non-hydrogen) atoms. The molecule has 1 saturated heterocycles. The molecule has 0 bridgehead atoms. The summed E-state index contributed by atoms with van der Waals surface area (Å²) in [6.45, 7) is 4.38. The summed E-state index contributed by atoms with van der Waals surface area (Å²) in [7, 11) is -3.01. The zero-order chi connectivity index (χ0) is 11.6. The third kappa shape index (κ3) is 2.76. The van der Waals surface area contributed by atoms with Crippen LogP contribution in [0.2, 0.25) is 0 Å². The summed E-state index contributed by atoms with van der Waals surface area (Å²) in [5.74, 6) is 0.319. The Labute approximate surface area is 98.4 Å². The van der Waals surface area contributed by atoms with Crippen LogP contribution in [0.1, 0.15) is 39.0 Å². The Morgan fingerprint density at radius 3 is 2.75 bits per heavy atom. The highest BCUT2D eigenvalue weighted by atomic mass is 32.2. The maximum Gasteiger partial charge on any atom is 0.214 e. The van der Waals surface area contributed by atoms with Crippen LogP contribution < -0.4 is 5.32 Å². The molecule has 0 unspecified atom stereocenters. The summed E-state index contributed by atoms with van der Waals surface area (Å²) >= 11 is 0. The molecule has 0 aromatic carbocycles. The van der Waals surface area contributed by atoms with Crippen LogP contribution in [0.3, 0.4) is 0 Å². The van der Waals surface area contributed by atoms with Gasteiger partial charge in [-0.15, -0.1) is 0 Å². The zero-order valence-electron chi connectivity index (χ0n) is 10.0. The van der Waals surface area contributed by atoms with Crippen molar-refractivity contribution in [2.24, 2.45) is 0 Å². The number of nitrogens with zero attached hydrogens (tertiary/aromatic N) is 1. The summed E-state index contributed by atoms with van der Waals surface area (Å²) in [6.07, 6.45) is 4.92. The predicted octanol–water partition coefficient (Wildman–Crippen LogP) is 0.944. The van der Waals surface area contributed by atoms with E-state index in [0.29, 0.717) is 18.8 Å². The first kappa shape index (κ1) is 12.3. The number of hydrogen-bond acceptors (Lipinski definition) is 3. The standard InChI is InChI=1S/C11H22N2O2S/c1-2-3-9-16(14,15)13-8-4-7-12-11(10-13)5-6-11/h12H,2-10H2,1H3. The summed E-state index contributed by atoms with van der Waals surface area (Å²) in [5.41, 5.74) is 0.135. The van der Waals surface area contributed by atoms with E-state index in [1.807, 2.05) is 6.92 Å². The van der Waals surface area contributed by atoms with Gasteiger partial charge in [0, 0.05) is 18.6 Å². The average molecular weight is 246 g/mol. The summed E-state index contributed by atoms with van der Waals surface area (Å²) in [6, 6.07) is 0. The number of unbranched alkanes of at least 4 members (excludes halogenated alkanes) is 1. The highest BCUT2D eigenvalue weighted by Crippen LogP contribution is 2.37. The molecular formula is C11H22N2O2S. The third-order valence-electron chi connectivity index (χ3n) is 3.57. The Balaban J connectivity index is 2.01. The molecule has 94 valence electrons. The van der Waals surface area contributed by atoms with Crippen LogP contribution in [-0.2, 0) is 10.0 Å². The SMILES string of the molecule is CCCCS(=O)(=O)N1CCCNC2(CC2)C1. The van der Waals surface area contributed by atoms with Gasteiger partial charge in [-0.1, -0.05) is 13.3 Å². The van der Waals surface area contributed by atoms with E-state index < -0.39 is 10.0 Å². The molecule has 5 heteroatoms. The van der Waals surface area contributed by atoms with Gasteiger partial charge in [0.1, 0.15) is 0 Å². The lowest BCUT2D eigenvalue weighted by Crippen LogP contribution is -2.43. The van der Waals surface area contributed by atoms with Gasteiger partial charge in [-0.25, -0.2) is 12.7 Å². The number of rotatable bonds is 4. The van der Waals surface area contributed by atoms with E-state index in [-0.39, 0.29) is 5.54 Å². The third-order valence-corrected chi connectivity index (χ3v) is 5.47. The van der Waals surface area contributed by atoms with Crippen molar-refractivity contribution in [2.45, 2.75) is 44.6 Å². The first-order valence-corrected chi connectivity index (χ1v) is 7.92. The van der Waals surface area contributed by atoms with Crippen molar-refractivity contribution in [2.75, 3.05) is 25.4 Å².